The van der Waals surface area contributed by atoms with Crippen LogP contribution >= 0.6 is 0 Å². The van der Waals surface area contributed by atoms with Crippen molar-refractivity contribution >= 4 is 46.1 Å². The summed E-state index contributed by atoms with van der Waals surface area (Å²) in [6.07, 6.45) is 12.0. The molecule has 2 aromatic heterocycles. The van der Waals surface area contributed by atoms with Crippen LogP contribution in [0.5, 0.6) is 11.5 Å². The minimum absolute atomic E-state index is 0.805. The second kappa shape index (κ2) is 10.3. The van der Waals surface area contributed by atoms with E-state index in [2.05, 4.69) is 107 Å². The first-order chi connectivity index (χ1) is 18.3. The zero-order valence-electron chi connectivity index (χ0n) is 20.2. The molecule has 0 fully saturated rings. The lowest BCUT2D eigenvalue weighted by Gasteiger charge is -2.06. The quantitative estimate of drug-likeness (QED) is 0.225. The summed E-state index contributed by atoms with van der Waals surface area (Å²) in [5.74, 6) is 1.61. The summed E-state index contributed by atoms with van der Waals surface area (Å²) in [5.41, 5.74) is 6.47. The molecular formula is C34H24N2O. The van der Waals surface area contributed by atoms with E-state index in [1.54, 1.807) is 0 Å². The third-order valence-corrected chi connectivity index (χ3v) is 6.19. The smallest absolute Gasteiger partial charge is 0.127 e. The second-order valence-corrected chi connectivity index (χ2v) is 8.82. The van der Waals surface area contributed by atoms with E-state index in [4.69, 9.17) is 4.74 Å². The predicted molar refractivity (Wildman–Crippen MR) is 154 cm³/mol. The van der Waals surface area contributed by atoms with Crippen molar-refractivity contribution < 1.29 is 4.74 Å². The molecule has 37 heavy (non-hydrogen) atoms. The first-order valence-corrected chi connectivity index (χ1v) is 12.2. The molecule has 0 aliphatic rings. The van der Waals surface area contributed by atoms with Crippen LogP contribution in [0.15, 0.2) is 122 Å². The van der Waals surface area contributed by atoms with E-state index in [0.29, 0.717) is 0 Å². The van der Waals surface area contributed by atoms with E-state index in [9.17, 15) is 0 Å². The Bertz CT molecular complexity index is 1600. The molecule has 0 aliphatic heterocycles. The van der Waals surface area contributed by atoms with Crippen molar-refractivity contribution in [3.05, 3.63) is 144 Å². The average Bonchev–Trinajstić information content (AvgIpc) is 2.96. The van der Waals surface area contributed by atoms with Gasteiger partial charge in [0.25, 0.3) is 0 Å². The van der Waals surface area contributed by atoms with Crippen molar-refractivity contribution in [1.29, 1.82) is 0 Å². The molecule has 0 N–H and O–H groups in total. The van der Waals surface area contributed by atoms with Crippen molar-refractivity contribution in [3.8, 4) is 11.5 Å². The topological polar surface area (TPSA) is 35.0 Å². The van der Waals surface area contributed by atoms with Crippen molar-refractivity contribution in [2.45, 2.75) is 0 Å². The maximum Gasteiger partial charge on any atom is 0.127 e. The van der Waals surface area contributed by atoms with Crippen LogP contribution in [-0.4, -0.2) is 9.97 Å². The molecule has 0 spiro atoms. The molecule has 0 amide bonds. The van der Waals surface area contributed by atoms with Crippen LogP contribution in [0.25, 0.3) is 46.1 Å². The lowest BCUT2D eigenvalue weighted by molar-refractivity contribution is 0.482. The van der Waals surface area contributed by atoms with Crippen molar-refractivity contribution in [3.63, 3.8) is 0 Å². The minimum Gasteiger partial charge on any atom is -0.457 e. The first-order valence-electron chi connectivity index (χ1n) is 12.2. The maximum atomic E-state index is 6.05. The summed E-state index contributed by atoms with van der Waals surface area (Å²) in [7, 11) is 0. The van der Waals surface area contributed by atoms with Gasteiger partial charge < -0.3 is 4.74 Å². The summed E-state index contributed by atoms with van der Waals surface area (Å²) in [6, 6.07) is 36.8. The summed E-state index contributed by atoms with van der Waals surface area (Å²) in [5, 5.41) is 2.29. The van der Waals surface area contributed by atoms with Gasteiger partial charge in [-0.05, 0) is 70.8 Å². The molecule has 3 nitrogen and oxygen atoms in total. The summed E-state index contributed by atoms with van der Waals surface area (Å²) in [6.45, 7) is 0. The highest BCUT2D eigenvalue weighted by atomic mass is 16.5. The zero-order valence-corrected chi connectivity index (χ0v) is 20.2. The van der Waals surface area contributed by atoms with E-state index < -0.39 is 0 Å². The van der Waals surface area contributed by atoms with Crippen molar-refractivity contribution in [1.82, 2.24) is 9.97 Å². The molecule has 6 rings (SSSR count). The summed E-state index contributed by atoms with van der Waals surface area (Å²) < 4.78 is 6.05. The Morgan fingerprint density at radius 1 is 0.432 bits per heavy atom. The number of ether oxygens (including phenoxy) is 1. The van der Waals surface area contributed by atoms with Crippen LogP contribution in [-0.2, 0) is 0 Å². The fourth-order valence-corrected chi connectivity index (χ4v) is 4.19. The van der Waals surface area contributed by atoms with E-state index in [-0.39, 0.29) is 0 Å². The van der Waals surface area contributed by atoms with Gasteiger partial charge in [0.15, 0.2) is 0 Å². The summed E-state index contributed by atoms with van der Waals surface area (Å²) >= 11 is 0. The normalized spacial score (nSPS) is 11.6. The monoisotopic (exact) mass is 476 g/mol. The Morgan fingerprint density at radius 2 is 0.838 bits per heavy atom. The van der Waals surface area contributed by atoms with Gasteiger partial charge in [0.2, 0.25) is 0 Å². The Kier molecular flexibility index (Phi) is 6.25. The lowest BCUT2D eigenvalue weighted by atomic mass is 10.1. The molecule has 0 saturated carbocycles. The van der Waals surface area contributed by atoms with Gasteiger partial charge in [-0.1, -0.05) is 85.0 Å². The van der Waals surface area contributed by atoms with Crippen molar-refractivity contribution in [2.75, 3.05) is 0 Å². The molecule has 0 radical (unpaired) electrons. The largest absolute Gasteiger partial charge is 0.457 e. The number of nitrogens with zero attached hydrogens (tertiary/aromatic N) is 2. The van der Waals surface area contributed by atoms with Crippen LogP contribution in [0, 0.1) is 0 Å². The molecule has 176 valence electrons. The average molecular weight is 477 g/mol. The fraction of sp³-hybridized carbons (Fsp3) is 0. The molecule has 0 atom stereocenters. The standard InChI is InChI=1S/C34H24N2O/c1-3-29-15-9-27(23-33(29)35-21-1)7-5-25-11-17-31(18-12-25)37-32-19-13-26(14-20-32)6-8-28-10-16-30-4-2-22-36-34(30)24-28/h1-24H/b7-5+,8-6+. The molecule has 4 aromatic carbocycles. The number of pyridine rings is 2. The molecule has 0 unspecified atom stereocenters. The van der Waals surface area contributed by atoms with Gasteiger partial charge in [0.1, 0.15) is 11.5 Å². The van der Waals surface area contributed by atoms with Crippen LogP contribution < -0.4 is 4.74 Å². The number of rotatable bonds is 6. The van der Waals surface area contributed by atoms with Crippen molar-refractivity contribution in [2.24, 2.45) is 0 Å². The van der Waals surface area contributed by atoms with Gasteiger partial charge in [0.05, 0.1) is 11.0 Å². The Labute approximate surface area is 216 Å². The first kappa shape index (κ1) is 22.4. The second-order valence-electron chi connectivity index (χ2n) is 8.82. The van der Waals surface area contributed by atoms with Gasteiger partial charge in [0, 0.05) is 23.2 Å². The highest BCUT2D eigenvalue weighted by Gasteiger charge is 1.99. The van der Waals surface area contributed by atoms with E-state index in [0.717, 1.165) is 55.6 Å². The van der Waals surface area contributed by atoms with Crippen LogP contribution in [0.4, 0.5) is 0 Å². The van der Waals surface area contributed by atoms with E-state index in [1.807, 2.05) is 48.8 Å². The van der Waals surface area contributed by atoms with Gasteiger partial charge in [-0.15, -0.1) is 0 Å². The van der Waals surface area contributed by atoms with Gasteiger partial charge in [-0.2, -0.15) is 0 Å². The third-order valence-electron chi connectivity index (χ3n) is 6.19. The number of aromatic nitrogens is 2. The third kappa shape index (κ3) is 5.47. The molecular weight excluding hydrogens is 452 g/mol. The number of hydrogen-bond acceptors (Lipinski definition) is 3. The SMILES string of the molecule is C(=C\c1ccc2cccnc2c1)/c1ccc(Oc2ccc(/C=C/c3ccc4cccnc4c3)cc2)cc1. The Hall–Kier alpha value is -5.02. The highest BCUT2D eigenvalue weighted by molar-refractivity contribution is 5.83. The highest BCUT2D eigenvalue weighted by Crippen LogP contribution is 2.24. The molecule has 6 aromatic rings. The molecule has 0 saturated heterocycles. The van der Waals surface area contributed by atoms with Gasteiger partial charge >= 0.3 is 0 Å². The van der Waals surface area contributed by atoms with Gasteiger partial charge in [-0.25, -0.2) is 0 Å². The van der Waals surface area contributed by atoms with Crippen LogP contribution in [0.2, 0.25) is 0 Å². The fourth-order valence-electron chi connectivity index (χ4n) is 4.19. The summed E-state index contributed by atoms with van der Waals surface area (Å²) in [4.78, 5) is 8.86. The van der Waals surface area contributed by atoms with Crippen LogP contribution in [0.1, 0.15) is 22.3 Å². The maximum absolute atomic E-state index is 6.05. The molecule has 2 heterocycles. The molecule has 3 heteroatoms. The zero-order chi connectivity index (χ0) is 24.9. The number of hydrogen-bond donors (Lipinski definition) is 0. The minimum atomic E-state index is 0.805. The van der Waals surface area contributed by atoms with E-state index in [1.165, 1.54) is 0 Å². The number of benzene rings is 4. The predicted octanol–water partition coefficient (Wildman–Crippen LogP) is 8.92. The lowest BCUT2D eigenvalue weighted by Crippen LogP contribution is -1.84. The van der Waals surface area contributed by atoms with Crippen LogP contribution in [0.3, 0.4) is 0 Å². The number of fused-ring (bicyclic) bond motifs is 2. The van der Waals surface area contributed by atoms with E-state index >= 15 is 0 Å². The van der Waals surface area contributed by atoms with Gasteiger partial charge in [-0.3, -0.25) is 9.97 Å². The Balaban J connectivity index is 1.08. The molecule has 0 bridgehead atoms. The Morgan fingerprint density at radius 3 is 1.30 bits per heavy atom. The molecule has 0 aliphatic carbocycles.